The lowest BCUT2D eigenvalue weighted by atomic mass is 9.72. The maximum atomic E-state index is 13.2. The maximum Gasteiger partial charge on any atom is 0.264 e. The number of hydrogen-bond acceptors (Lipinski definition) is 5. The Bertz CT molecular complexity index is 1140. The highest BCUT2D eigenvalue weighted by Crippen LogP contribution is 2.45. The van der Waals surface area contributed by atoms with Crippen molar-refractivity contribution in [1.82, 2.24) is 15.1 Å². The fraction of sp³-hybridized carbons (Fsp3) is 0.364. The number of carbonyl (C=O) groups is 2. The summed E-state index contributed by atoms with van der Waals surface area (Å²) in [6.45, 7) is 6.63. The molecule has 1 aromatic carbocycles. The van der Waals surface area contributed by atoms with E-state index in [1.165, 1.54) is 11.3 Å². The van der Waals surface area contributed by atoms with Crippen LogP contribution >= 0.6 is 11.3 Å². The van der Waals surface area contributed by atoms with Crippen molar-refractivity contribution in [1.29, 1.82) is 5.26 Å². The molecule has 4 rings (SSSR count). The number of nitriles is 1. The van der Waals surface area contributed by atoms with E-state index in [1.54, 1.807) is 17.0 Å². The number of aryl methyl sites for hydroxylation is 1. The van der Waals surface area contributed by atoms with Crippen LogP contribution in [0.3, 0.4) is 0 Å². The third kappa shape index (κ3) is 3.14. The molecular formula is C22H22N4O2S. The third-order valence-electron chi connectivity index (χ3n) is 6.03. The van der Waals surface area contributed by atoms with Crippen LogP contribution in [0.2, 0.25) is 0 Å². The van der Waals surface area contributed by atoms with E-state index in [4.69, 9.17) is 5.26 Å². The van der Waals surface area contributed by atoms with Gasteiger partial charge in [-0.05, 0) is 30.7 Å². The summed E-state index contributed by atoms with van der Waals surface area (Å²) in [5.74, 6) is -0.00371. The van der Waals surface area contributed by atoms with Gasteiger partial charge in [0.2, 0.25) is 0 Å². The molecule has 2 atom stereocenters. The van der Waals surface area contributed by atoms with Crippen LogP contribution in [0, 0.1) is 23.7 Å². The van der Waals surface area contributed by atoms with Gasteiger partial charge < -0.3 is 4.90 Å². The highest BCUT2D eigenvalue weighted by molar-refractivity contribution is 7.20. The molecule has 0 radical (unpaired) electrons. The van der Waals surface area contributed by atoms with Crippen LogP contribution in [0.4, 0.5) is 0 Å². The number of ketones is 1. The Balaban J connectivity index is 1.67. The normalized spacial score (nSPS) is 21.4. The van der Waals surface area contributed by atoms with Gasteiger partial charge in [-0.25, -0.2) is 0 Å². The molecule has 0 spiro atoms. The zero-order valence-corrected chi connectivity index (χ0v) is 17.5. The molecule has 1 aliphatic rings. The molecule has 1 N–H and O–H groups in total. The van der Waals surface area contributed by atoms with Gasteiger partial charge in [-0.2, -0.15) is 10.4 Å². The summed E-state index contributed by atoms with van der Waals surface area (Å²) in [4.78, 5) is 29.4. The first-order valence-corrected chi connectivity index (χ1v) is 10.5. The SMILES string of the molecule is CCC(=O)[C@@]1(C)CN(C(=O)c2cc3c(C)[nH]nc3s2)CC1c1ccc(C#N)cc1. The number of likely N-dealkylation sites (tertiary alicyclic amines) is 1. The monoisotopic (exact) mass is 406 g/mol. The Morgan fingerprint density at radius 2 is 2.10 bits per heavy atom. The second-order valence-electron chi connectivity index (χ2n) is 7.84. The fourth-order valence-electron chi connectivity index (χ4n) is 4.29. The van der Waals surface area contributed by atoms with E-state index in [1.807, 2.05) is 39.0 Å². The molecule has 7 heteroatoms. The Morgan fingerprint density at radius 3 is 2.72 bits per heavy atom. The van der Waals surface area contributed by atoms with Gasteiger partial charge >= 0.3 is 0 Å². The number of rotatable bonds is 4. The average molecular weight is 407 g/mol. The molecule has 148 valence electrons. The number of nitrogens with zero attached hydrogens (tertiary/aromatic N) is 3. The molecule has 1 fully saturated rings. The topological polar surface area (TPSA) is 89.8 Å². The zero-order valence-electron chi connectivity index (χ0n) is 16.7. The summed E-state index contributed by atoms with van der Waals surface area (Å²) in [5, 5.41) is 17.2. The van der Waals surface area contributed by atoms with Crippen molar-refractivity contribution >= 4 is 33.2 Å². The van der Waals surface area contributed by atoms with Crippen LogP contribution in [0.15, 0.2) is 30.3 Å². The van der Waals surface area contributed by atoms with Crippen molar-refractivity contribution in [2.75, 3.05) is 13.1 Å². The number of benzene rings is 1. The lowest BCUT2D eigenvalue weighted by molar-refractivity contribution is -0.127. The van der Waals surface area contributed by atoms with Gasteiger partial charge in [-0.3, -0.25) is 14.7 Å². The van der Waals surface area contributed by atoms with Gasteiger partial charge in [0.05, 0.1) is 21.9 Å². The van der Waals surface area contributed by atoms with Gasteiger partial charge in [-0.15, -0.1) is 11.3 Å². The Kier molecular flexibility index (Phi) is 4.75. The second-order valence-corrected chi connectivity index (χ2v) is 8.88. The number of Topliss-reactive ketones (excluding diaryl/α,β-unsaturated/α-hetero) is 1. The van der Waals surface area contributed by atoms with E-state index in [9.17, 15) is 9.59 Å². The van der Waals surface area contributed by atoms with Crippen LogP contribution in [0.5, 0.6) is 0 Å². The number of hydrogen-bond donors (Lipinski definition) is 1. The molecule has 6 nitrogen and oxygen atoms in total. The molecule has 1 amide bonds. The number of H-pyrrole nitrogens is 1. The van der Waals surface area contributed by atoms with Crippen LogP contribution in [-0.4, -0.2) is 39.9 Å². The number of carbonyl (C=O) groups excluding carboxylic acids is 2. The first-order chi connectivity index (χ1) is 13.9. The molecule has 29 heavy (non-hydrogen) atoms. The van der Waals surface area contributed by atoms with E-state index in [0.717, 1.165) is 21.5 Å². The smallest absolute Gasteiger partial charge is 0.264 e. The quantitative estimate of drug-likeness (QED) is 0.708. The molecule has 3 aromatic rings. The van der Waals surface area contributed by atoms with Crippen LogP contribution < -0.4 is 0 Å². The standard InChI is InChI=1S/C22H22N4O2S/c1-4-19(27)22(3)12-26(11-17(22)15-7-5-14(10-23)6-8-15)21(28)18-9-16-13(2)24-25-20(16)29-18/h5-9,17H,4,11-12H2,1-3H3,(H,24,25)/t17?,22-/m0/s1. The molecule has 1 unspecified atom stereocenters. The van der Waals surface area contributed by atoms with Gasteiger partial charge in [0.1, 0.15) is 10.6 Å². The van der Waals surface area contributed by atoms with Crippen molar-refractivity contribution in [2.45, 2.75) is 33.1 Å². The predicted molar refractivity (Wildman–Crippen MR) is 112 cm³/mol. The highest BCUT2D eigenvalue weighted by atomic mass is 32.1. The molecule has 0 bridgehead atoms. The Labute approximate surface area is 173 Å². The number of nitrogens with one attached hydrogen (secondary N) is 1. The number of aromatic amines is 1. The predicted octanol–water partition coefficient (Wildman–Crippen LogP) is 4.03. The lowest BCUT2D eigenvalue weighted by Crippen LogP contribution is -2.36. The van der Waals surface area contributed by atoms with Gasteiger partial charge in [0.15, 0.2) is 0 Å². The van der Waals surface area contributed by atoms with E-state index < -0.39 is 5.41 Å². The van der Waals surface area contributed by atoms with Crippen LogP contribution in [-0.2, 0) is 4.79 Å². The van der Waals surface area contributed by atoms with Crippen molar-refractivity contribution < 1.29 is 9.59 Å². The number of aromatic nitrogens is 2. The van der Waals surface area contributed by atoms with Crippen molar-refractivity contribution in [3.05, 3.63) is 52.0 Å². The first-order valence-electron chi connectivity index (χ1n) is 9.64. The third-order valence-corrected chi connectivity index (χ3v) is 7.05. The lowest BCUT2D eigenvalue weighted by Gasteiger charge is -2.28. The number of amides is 1. The molecule has 1 saturated heterocycles. The molecular weight excluding hydrogens is 384 g/mol. The van der Waals surface area contributed by atoms with E-state index in [2.05, 4.69) is 16.3 Å². The Hall–Kier alpha value is -2.98. The Morgan fingerprint density at radius 1 is 1.38 bits per heavy atom. The van der Waals surface area contributed by atoms with Crippen molar-refractivity contribution in [2.24, 2.45) is 5.41 Å². The number of thiophene rings is 1. The number of fused-ring (bicyclic) bond motifs is 1. The van der Waals surface area contributed by atoms with E-state index in [-0.39, 0.29) is 17.6 Å². The minimum absolute atomic E-state index is 0.0568. The molecule has 1 aliphatic heterocycles. The maximum absolute atomic E-state index is 13.2. The first kappa shape index (κ1) is 19.3. The summed E-state index contributed by atoms with van der Waals surface area (Å²) in [6, 6.07) is 11.4. The van der Waals surface area contributed by atoms with Gasteiger partial charge in [-0.1, -0.05) is 26.0 Å². The fourth-order valence-corrected chi connectivity index (χ4v) is 5.30. The van der Waals surface area contributed by atoms with Crippen LogP contribution in [0.1, 0.15) is 52.7 Å². The summed E-state index contributed by atoms with van der Waals surface area (Å²) in [7, 11) is 0. The molecule has 2 aromatic heterocycles. The molecule has 0 saturated carbocycles. The van der Waals surface area contributed by atoms with Crippen molar-refractivity contribution in [3.63, 3.8) is 0 Å². The molecule has 0 aliphatic carbocycles. The largest absolute Gasteiger partial charge is 0.336 e. The molecule has 3 heterocycles. The second kappa shape index (κ2) is 7.12. The summed E-state index contributed by atoms with van der Waals surface area (Å²) >= 11 is 1.37. The van der Waals surface area contributed by atoms with Gasteiger partial charge in [0.25, 0.3) is 5.91 Å². The summed E-state index contributed by atoms with van der Waals surface area (Å²) in [6.07, 6.45) is 0.428. The van der Waals surface area contributed by atoms with Gasteiger partial charge in [0, 0.05) is 36.5 Å². The minimum Gasteiger partial charge on any atom is -0.336 e. The summed E-state index contributed by atoms with van der Waals surface area (Å²) in [5.41, 5.74) is 1.87. The highest BCUT2D eigenvalue weighted by Gasteiger charge is 2.49. The summed E-state index contributed by atoms with van der Waals surface area (Å²) < 4.78 is 0. The van der Waals surface area contributed by atoms with E-state index >= 15 is 0 Å². The van der Waals surface area contributed by atoms with Crippen LogP contribution in [0.25, 0.3) is 10.2 Å². The zero-order chi connectivity index (χ0) is 20.8. The minimum atomic E-state index is -0.646. The average Bonchev–Trinajstić information content (AvgIpc) is 3.42. The van der Waals surface area contributed by atoms with Crippen molar-refractivity contribution in [3.8, 4) is 6.07 Å². The van der Waals surface area contributed by atoms with E-state index in [0.29, 0.717) is 30.0 Å².